The molecule has 2 amide bonds. The van der Waals surface area contributed by atoms with Crippen molar-refractivity contribution in [3.63, 3.8) is 0 Å². The molecule has 0 aliphatic carbocycles. The van der Waals surface area contributed by atoms with E-state index in [1.807, 2.05) is 44.2 Å². The number of para-hydroxylation sites is 1. The van der Waals surface area contributed by atoms with E-state index in [-0.39, 0.29) is 5.69 Å². The number of esters is 1. The molecule has 34 heavy (non-hydrogen) atoms. The fourth-order valence-corrected chi connectivity index (χ4v) is 3.06. The van der Waals surface area contributed by atoms with E-state index in [0.29, 0.717) is 0 Å². The molecule has 1 aromatic heterocycles. The van der Waals surface area contributed by atoms with Crippen molar-refractivity contribution in [2.24, 2.45) is 0 Å². The maximum absolute atomic E-state index is 13.2. The van der Waals surface area contributed by atoms with Gasteiger partial charge in [-0.2, -0.15) is 5.10 Å². The Balaban J connectivity index is 1.46. The lowest BCUT2D eigenvalue weighted by Gasteiger charge is -2.07. The van der Waals surface area contributed by atoms with E-state index < -0.39 is 42.6 Å². The molecule has 0 aliphatic rings. The third kappa shape index (κ3) is 6.35. The van der Waals surface area contributed by atoms with E-state index in [1.54, 1.807) is 10.8 Å². The Kier molecular flexibility index (Phi) is 7.86. The molecule has 0 saturated carbocycles. The van der Waals surface area contributed by atoms with Crippen molar-refractivity contribution in [3.8, 4) is 5.69 Å². The Hall–Kier alpha value is -4.34. The lowest BCUT2D eigenvalue weighted by atomic mass is 10.2. The van der Waals surface area contributed by atoms with Gasteiger partial charge in [0.1, 0.15) is 0 Å². The number of benzene rings is 2. The molecule has 0 saturated heterocycles. The second-order valence-electron chi connectivity index (χ2n) is 7.23. The first-order chi connectivity index (χ1) is 16.2. The summed E-state index contributed by atoms with van der Waals surface area (Å²) < 4.78 is 32.7. The number of nitrogens with one attached hydrogen (secondary N) is 2. The minimum absolute atomic E-state index is 0.0379. The van der Waals surface area contributed by atoms with Crippen LogP contribution in [-0.2, 0) is 19.1 Å². The molecule has 10 heteroatoms. The van der Waals surface area contributed by atoms with Crippen molar-refractivity contribution >= 4 is 29.5 Å². The predicted octanol–water partition coefficient (Wildman–Crippen LogP) is 3.08. The number of carbonyl (C=O) groups is 3. The second kappa shape index (κ2) is 11.0. The molecule has 0 unspecified atom stereocenters. The number of anilines is 1. The van der Waals surface area contributed by atoms with E-state index in [4.69, 9.17) is 4.74 Å². The molecule has 8 nitrogen and oxygen atoms in total. The zero-order valence-corrected chi connectivity index (χ0v) is 18.5. The van der Waals surface area contributed by atoms with Crippen molar-refractivity contribution < 1.29 is 27.9 Å². The van der Waals surface area contributed by atoms with Crippen molar-refractivity contribution in [1.82, 2.24) is 15.1 Å². The largest absolute Gasteiger partial charge is 0.452 e. The normalized spacial score (nSPS) is 10.8. The minimum atomic E-state index is -1.11. The van der Waals surface area contributed by atoms with Crippen LogP contribution in [0.25, 0.3) is 11.8 Å². The smallest absolute Gasteiger partial charge is 0.331 e. The van der Waals surface area contributed by atoms with Crippen molar-refractivity contribution in [2.45, 2.75) is 13.8 Å². The predicted molar refractivity (Wildman–Crippen MR) is 121 cm³/mol. The highest BCUT2D eigenvalue weighted by atomic mass is 19.2. The first-order valence-electron chi connectivity index (χ1n) is 10.2. The van der Waals surface area contributed by atoms with Gasteiger partial charge in [0.2, 0.25) is 5.91 Å². The quantitative estimate of drug-likeness (QED) is 0.391. The number of aryl methyl sites for hydroxylation is 1. The molecule has 0 spiro atoms. The number of aromatic nitrogens is 2. The molecule has 0 bridgehead atoms. The molecular weight excluding hydrogens is 446 g/mol. The fourth-order valence-electron chi connectivity index (χ4n) is 3.06. The Labute approximate surface area is 194 Å². The monoisotopic (exact) mass is 468 g/mol. The Morgan fingerprint density at radius 2 is 1.76 bits per heavy atom. The van der Waals surface area contributed by atoms with E-state index >= 15 is 0 Å². The molecule has 0 fully saturated rings. The first kappa shape index (κ1) is 24.3. The summed E-state index contributed by atoms with van der Waals surface area (Å²) in [6, 6.07) is 12.4. The number of hydrogen-bond donors (Lipinski definition) is 2. The van der Waals surface area contributed by atoms with Gasteiger partial charge in [-0.25, -0.2) is 18.3 Å². The molecule has 2 N–H and O–H groups in total. The summed E-state index contributed by atoms with van der Waals surface area (Å²) in [5.74, 6) is -4.26. The number of hydrogen-bond acceptors (Lipinski definition) is 5. The third-order valence-electron chi connectivity index (χ3n) is 4.73. The first-order valence-corrected chi connectivity index (χ1v) is 10.2. The zero-order valence-electron chi connectivity index (χ0n) is 18.5. The van der Waals surface area contributed by atoms with Crippen molar-refractivity contribution in [3.05, 3.63) is 83.2 Å². The van der Waals surface area contributed by atoms with Crippen LogP contribution in [0.3, 0.4) is 0 Å². The second-order valence-corrected chi connectivity index (χ2v) is 7.23. The summed E-state index contributed by atoms with van der Waals surface area (Å²) in [7, 11) is 0. The van der Waals surface area contributed by atoms with Crippen LogP contribution in [0.1, 0.15) is 17.0 Å². The zero-order chi connectivity index (χ0) is 24.7. The third-order valence-corrected chi connectivity index (χ3v) is 4.73. The van der Waals surface area contributed by atoms with Gasteiger partial charge in [0.15, 0.2) is 18.2 Å². The minimum Gasteiger partial charge on any atom is -0.452 e. The van der Waals surface area contributed by atoms with Gasteiger partial charge in [-0.1, -0.05) is 18.2 Å². The fraction of sp³-hybridized carbons (Fsp3) is 0.167. The number of carbonyl (C=O) groups excluding carboxylic acids is 3. The standard InChI is InChI=1S/C24H22F2N4O4/c1-15-19(16(2)30(29-15)18-6-4-3-5-7-18)9-11-24(33)34-14-23(32)27-13-22(31)28-17-8-10-20(25)21(26)12-17/h3-12H,13-14H2,1-2H3,(H,27,32)(H,28,31)/b11-9+. The summed E-state index contributed by atoms with van der Waals surface area (Å²) in [6.45, 7) is 2.65. The highest BCUT2D eigenvalue weighted by Crippen LogP contribution is 2.19. The van der Waals surface area contributed by atoms with Gasteiger partial charge in [0, 0.05) is 29.1 Å². The van der Waals surface area contributed by atoms with Crippen LogP contribution in [0, 0.1) is 25.5 Å². The van der Waals surface area contributed by atoms with E-state index in [9.17, 15) is 23.2 Å². The van der Waals surface area contributed by atoms with Gasteiger partial charge in [0.25, 0.3) is 5.91 Å². The number of amides is 2. The molecular formula is C24H22F2N4O4. The molecule has 176 valence electrons. The van der Waals surface area contributed by atoms with Gasteiger partial charge in [0.05, 0.1) is 17.9 Å². The summed E-state index contributed by atoms with van der Waals surface area (Å²) in [4.78, 5) is 35.6. The summed E-state index contributed by atoms with van der Waals surface area (Å²) >= 11 is 0. The van der Waals surface area contributed by atoms with Crippen LogP contribution in [0.4, 0.5) is 14.5 Å². The Morgan fingerprint density at radius 3 is 2.47 bits per heavy atom. The number of ether oxygens (including phenoxy) is 1. The van der Waals surface area contributed by atoms with Gasteiger partial charge < -0.3 is 15.4 Å². The van der Waals surface area contributed by atoms with Gasteiger partial charge in [-0.3, -0.25) is 9.59 Å². The molecule has 1 heterocycles. The van der Waals surface area contributed by atoms with Crippen molar-refractivity contribution in [2.75, 3.05) is 18.5 Å². The summed E-state index contributed by atoms with van der Waals surface area (Å²) in [5.41, 5.74) is 3.22. The van der Waals surface area contributed by atoms with Gasteiger partial charge in [-0.05, 0) is 44.2 Å². The van der Waals surface area contributed by atoms with Gasteiger partial charge in [-0.15, -0.1) is 0 Å². The lowest BCUT2D eigenvalue weighted by Crippen LogP contribution is -2.35. The highest BCUT2D eigenvalue weighted by Gasteiger charge is 2.12. The number of rotatable bonds is 8. The summed E-state index contributed by atoms with van der Waals surface area (Å²) in [5, 5.41) is 9.05. The average molecular weight is 468 g/mol. The molecule has 0 atom stereocenters. The lowest BCUT2D eigenvalue weighted by molar-refractivity contribution is -0.143. The van der Waals surface area contributed by atoms with Crippen LogP contribution in [0.5, 0.6) is 0 Å². The Morgan fingerprint density at radius 1 is 1.03 bits per heavy atom. The summed E-state index contributed by atoms with van der Waals surface area (Å²) in [6.07, 6.45) is 2.75. The van der Waals surface area contributed by atoms with Crippen LogP contribution < -0.4 is 10.6 Å². The maximum atomic E-state index is 13.2. The molecule has 2 aromatic carbocycles. The van der Waals surface area contributed by atoms with Crippen LogP contribution in [0.15, 0.2) is 54.6 Å². The van der Waals surface area contributed by atoms with Crippen molar-refractivity contribution in [1.29, 1.82) is 0 Å². The maximum Gasteiger partial charge on any atom is 0.331 e. The topological polar surface area (TPSA) is 102 Å². The van der Waals surface area contributed by atoms with E-state index in [0.717, 1.165) is 34.8 Å². The van der Waals surface area contributed by atoms with Gasteiger partial charge >= 0.3 is 5.97 Å². The van der Waals surface area contributed by atoms with Crippen LogP contribution >= 0.6 is 0 Å². The van der Waals surface area contributed by atoms with E-state index in [1.165, 1.54) is 12.1 Å². The molecule has 0 radical (unpaired) electrons. The molecule has 0 aliphatic heterocycles. The van der Waals surface area contributed by atoms with Crippen LogP contribution in [0.2, 0.25) is 0 Å². The SMILES string of the molecule is Cc1nn(-c2ccccc2)c(C)c1/C=C/C(=O)OCC(=O)NCC(=O)Nc1ccc(F)c(F)c1. The number of nitrogens with zero attached hydrogens (tertiary/aromatic N) is 2. The Bertz CT molecular complexity index is 1240. The number of halogens is 2. The molecule has 3 aromatic rings. The van der Waals surface area contributed by atoms with E-state index in [2.05, 4.69) is 15.7 Å². The molecule has 3 rings (SSSR count). The average Bonchev–Trinajstić information content (AvgIpc) is 3.11. The highest BCUT2D eigenvalue weighted by molar-refractivity contribution is 5.95. The van der Waals surface area contributed by atoms with Crippen LogP contribution in [-0.4, -0.2) is 40.7 Å².